The third-order valence-electron chi connectivity index (χ3n) is 3.84. The molecular formula is C13H15N3O4S. The predicted octanol–water partition coefficient (Wildman–Crippen LogP) is 0.937. The van der Waals surface area contributed by atoms with E-state index in [4.69, 9.17) is 0 Å². The third-order valence-corrected chi connectivity index (χ3v) is 6.11. The van der Waals surface area contributed by atoms with Gasteiger partial charge in [0, 0.05) is 6.42 Å². The summed E-state index contributed by atoms with van der Waals surface area (Å²) in [6.45, 7) is 0. The van der Waals surface area contributed by atoms with Crippen molar-refractivity contribution < 1.29 is 18.3 Å². The first kappa shape index (κ1) is 14.0. The van der Waals surface area contributed by atoms with Crippen LogP contribution in [0, 0.1) is 0 Å². The maximum Gasteiger partial charge on any atom is 0.352 e. The van der Waals surface area contributed by atoms with Crippen molar-refractivity contribution in [3.05, 3.63) is 29.7 Å². The van der Waals surface area contributed by atoms with E-state index in [2.05, 4.69) is 10.2 Å². The first-order valence-electron chi connectivity index (χ1n) is 6.77. The Labute approximate surface area is 121 Å². The van der Waals surface area contributed by atoms with Crippen molar-refractivity contribution in [2.45, 2.75) is 30.9 Å². The number of carbonyl (C=O) groups is 1. The molecule has 1 atom stereocenters. The SMILES string of the molecule is O=C(O)c1cccc2nnc(CC3CCCCS3(=O)=O)n12. The van der Waals surface area contributed by atoms with Crippen molar-refractivity contribution in [3.8, 4) is 0 Å². The minimum absolute atomic E-state index is 0.0423. The third kappa shape index (κ3) is 2.51. The number of sulfone groups is 1. The van der Waals surface area contributed by atoms with Gasteiger partial charge in [-0.3, -0.25) is 4.40 Å². The molecule has 8 heteroatoms. The van der Waals surface area contributed by atoms with Crippen LogP contribution in [0.25, 0.3) is 5.65 Å². The zero-order valence-electron chi connectivity index (χ0n) is 11.3. The van der Waals surface area contributed by atoms with Crippen LogP contribution in [-0.4, -0.2) is 45.1 Å². The number of nitrogens with zero attached hydrogens (tertiary/aromatic N) is 3. The normalized spacial score (nSPS) is 21.4. The van der Waals surface area contributed by atoms with E-state index in [0.717, 1.165) is 6.42 Å². The van der Waals surface area contributed by atoms with Gasteiger partial charge < -0.3 is 5.11 Å². The Morgan fingerprint density at radius 2 is 2.14 bits per heavy atom. The van der Waals surface area contributed by atoms with Gasteiger partial charge in [-0.05, 0) is 25.0 Å². The molecule has 0 aromatic carbocycles. The van der Waals surface area contributed by atoms with E-state index in [1.807, 2.05) is 0 Å². The van der Waals surface area contributed by atoms with E-state index >= 15 is 0 Å². The number of fused-ring (bicyclic) bond motifs is 1. The Bertz CT molecular complexity index is 797. The van der Waals surface area contributed by atoms with Crippen LogP contribution in [-0.2, 0) is 16.3 Å². The van der Waals surface area contributed by atoms with Crippen LogP contribution in [0.4, 0.5) is 0 Å². The lowest BCUT2D eigenvalue weighted by Gasteiger charge is -2.21. The van der Waals surface area contributed by atoms with E-state index in [1.54, 1.807) is 12.1 Å². The maximum atomic E-state index is 12.1. The molecule has 2 aromatic rings. The number of pyridine rings is 1. The summed E-state index contributed by atoms with van der Waals surface area (Å²) in [4.78, 5) is 11.3. The molecular weight excluding hydrogens is 294 g/mol. The lowest BCUT2D eigenvalue weighted by Crippen LogP contribution is -2.31. The molecule has 0 saturated carbocycles. The smallest absolute Gasteiger partial charge is 0.352 e. The summed E-state index contributed by atoms with van der Waals surface area (Å²) in [5.74, 6) is -0.508. The molecule has 0 amide bonds. The second kappa shape index (κ2) is 5.10. The molecule has 112 valence electrons. The van der Waals surface area contributed by atoms with Crippen molar-refractivity contribution in [3.63, 3.8) is 0 Å². The highest BCUT2D eigenvalue weighted by molar-refractivity contribution is 7.92. The lowest BCUT2D eigenvalue weighted by atomic mass is 10.1. The fourth-order valence-corrected chi connectivity index (χ4v) is 4.62. The Balaban J connectivity index is 2.03. The number of aromatic carboxylic acids is 1. The van der Waals surface area contributed by atoms with E-state index in [0.29, 0.717) is 24.3 Å². The standard InChI is InChI=1S/C13H15N3O4S/c17-13(18)10-5-3-6-11-14-15-12(16(10)11)8-9-4-1-2-7-21(9,19)20/h3,5-6,9H,1-2,4,7-8H2,(H,17,18). The molecule has 3 rings (SSSR count). The molecule has 3 heterocycles. The molecule has 2 aromatic heterocycles. The lowest BCUT2D eigenvalue weighted by molar-refractivity contribution is 0.0688. The van der Waals surface area contributed by atoms with Crippen LogP contribution in [0.2, 0.25) is 0 Å². The summed E-state index contributed by atoms with van der Waals surface area (Å²) >= 11 is 0. The summed E-state index contributed by atoms with van der Waals surface area (Å²) in [5, 5.41) is 16.7. The zero-order chi connectivity index (χ0) is 15.0. The molecule has 1 aliphatic heterocycles. The molecule has 0 bridgehead atoms. The van der Waals surface area contributed by atoms with Gasteiger partial charge in [-0.25, -0.2) is 13.2 Å². The summed E-state index contributed by atoms with van der Waals surface area (Å²) in [7, 11) is -3.13. The largest absolute Gasteiger partial charge is 0.477 e. The fraction of sp³-hybridized carbons (Fsp3) is 0.462. The first-order valence-corrected chi connectivity index (χ1v) is 8.48. The zero-order valence-corrected chi connectivity index (χ0v) is 12.1. The van der Waals surface area contributed by atoms with E-state index in [9.17, 15) is 18.3 Å². The maximum absolute atomic E-state index is 12.1. The van der Waals surface area contributed by atoms with Crippen LogP contribution in [0.5, 0.6) is 0 Å². The first-order chi connectivity index (χ1) is 9.99. The van der Waals surface area contributed by atoms with Gasteiger partial charge in [0.1, 0.15) is 11.5 Å². The Kier molecular flexibility index (Phi) is 3.40. The second-order valence-electron chi connectivity index (χ2n) is 5.21. The molecule has 1 fully saturated rings. The molecule has 1 aliphatic rings. The van der Waals surface area contributed by atoms with Gasteiger partial charge in [0.2, 0.25) is 0 Å². The van der Waals surface area contributed by atoms with Gasteiger partial charge in [-0.2, -0.15) is 0 Å². The van der Waals surface area contributed by atoms with Crippen molar-refractivity contribution in [1.82, 2.24) is 14.6 Å². The molecule has 1 unspecified atom stereocenters. The molecule has 7 nitrogen and oxygen atoms in total. The Morgan fingerprint density at radius 1 is 1.33 bits per heavy atom. The van der Waals surface area contributed by atoms with Gasteiger partial charge in [0.25, 0.3) is 0 Å². The van der Waals surface area contributed by atoms with E-state index in [-0.39, 0.29) is 17.9 Å². The van der Waals surface area contributed by atoms with Crippen molar-refractivity contribution >= 4 is 21.5 Å². The average molecular weight is 309 g/mol. The van der Waals surface area contributed by atoms with Crippen LogP contribution in [0.1, 0.15) is 35.6 Å². The number of carboxylic acids is 1. The number of aromatic nitrogens is 3. The fourth-order valence-electron chi connectivity index (χ4n) is 2.75. The van der Waals surface area contributed by atoms with Gasteiger partial charge in [-0.15, -0.1) is 10.2 Å². The molecule has 1 saturated heterocycles. The molecule has 21 heavy (non-hydrogen) atoms. The number of hydrogen-bond acceptors (Lipinski definition) is 5. The van der Waals surface area contributed by atoms with Crippen LogP contribution < -0.4 is 0 Å². The molecule has 0 aliphatic carbocycles. The van der Waals surface area contributed by atoms with Crippen molar-refractivity contribution in [2.24, 2.45) is 0 Å². The van der Waals surface area contributed by atoms with Crippen molar-refractivity contribution in [1.29, 1.82) is 0 Å². The van der Waals surface area contributed by atoms with Crippen molar-refractivity contribution in [2.75, 3.05) is 5.75 Å². The van der Waals surface area contributed by atoms with Gasteiger partial charge in [0.15, 0.2) is 15.5 Å². The van der Waals surface area contributed by atoms with Crippen LogP contribution in [0.3, 0.4) is 0 Å². The highest BCUT2D eigenvalue weighted by atomic mass is 32.2. The van der Waals surface area contributed by atoms with Gasteiger partial charge >= 0.3 is 5.97 Å². The summed E-state index contributed by atoms with van der Waals surface area (Å²) in [6, 6.07) is 4.70. The number of rotatable bonds is 3. The molecule has 1 N–H and O–H groups in total. The quantitative estimate of drug-likeness (QED) is 0.905. The predicted molar refractivity (Wildman–Crippen MR) is 75.1 cm³/mol. The monoisotopic (exact) mass is 309 g/mol. The highest BCUT2D eigenvalue weighted by Crippen LogP contribution is 2.23. The summed E-state index contributed by atoms with van der Waals surface area (Å²) < 4.78 is 25.6. The summed E-state index contributed by atoms with van der Waals surface area (Å²) in [6.07, 6.45) is 2.35. The van der Waals surface area contributed by atoms with Gasteiger partial charge in [0.05, 0.1) is 11.0 Å². The number of carboxylic acid groups (broad SMARTS) is 1. The number of hydrogen-bond donors (Lipinski definition) is 1. The Morgan fingerprint density at radius 3 is 2.86 bits per heavy atom. The minimum atomic E-state index is -3.13. The molecule has 0 radical (unpaired) electrons. The Hall–Kier alpha value is -1.96. The van der Waals surface area contributed by atoms with Crippen LogP contribution in [0.15, 0.2) is 18.2 Å². The second-order valence-corrected chi connectivity index (χ2v) is 7.62. The van der Waals surface area contributed by atoms with Gasteiger partial charge in [-0.1, -0.05) is 12.5 Å². The van der Waals surface area contributed by atoms with Crippen LogP contribution >= 0.6 is 0 Å². The van der Waals surface area contributed by atoms with E-state index < -0.39 is 21.1 Å². The van der Waals surface area contributed by atoms with E-state index in [1.165, 1.54) is 10.5 Å². The molecule has 0 spiro atoms. The highest BCUT2D eigenvalue weighted by Gasteiger charge is 2.30. The topological polar surface area (TPSA) is 102 Å². The minimum Gasteiger partial charge on any atom is -0.477 e. The summed E-state index contributed by atoms with van der Waals surface area (Å²) in [5.41, 5.74) is 0.457. The average Bonchev–Trinajstić information content (AvgIpc) is 2.84.